The van der Waals surface area contributed by atoms with E-state index in [1.165, 1.54) is 0 Å². The first-order chi connectivity index (χ1) is 12.5. The highest BCUT2D eigenvalue weighted by atomic mass is 35.5. The van der Waals surface area contributed by atoms with Crippen molar-refractivity contribution in [3.63, 3.8) is 0 Å². The molecule has 1 atom stereocenters. The average molecular weight is 405 g/mol. The van der Waals surface area contributed by atoms with Crippen LogP contribution in [-0.4, -0.2) is 10.1 Å². The average Bonchev–Trinajstić information content (AvgIpc) is 2.97. The van der Waals surface area contributed by atoms with Crippen molar-refractivity contribution < 1.29 is 5.11 Å². The van der Waals surface area contributed by atoms with Gasteiger partial charge in [0, 0.05) is 22.2 Å². The van der Waals surface area contributed by atoms with Crippen molar-refractivity contribution in [2.45, 2.75) is 6.54 Å². The summed E-state index contributed by atoms with van der Waals surface area (Å²) in [7, 11) is 0. The second kappa shape index (κ2) is 6.60. The van der Waals surface area contributed by atoms with E-state index >= 15 is 0 Å². The molecule has 0 fully saturated rings. The summed E-state index contributed by atoms with van der Waals surface area (Å²) in [5, 5.41) is 12.2. The van der Waals surface area contributed by atoms with Crippen LogP contribution in [0.25, 0.3) is 6.08 Å². The monoisotopic (exact) mass is 403 g/mol. The van der Waals surface area contributed by atoms with Crippen molar-refractivity contribution in [3.05, 3.63) is 87.3 Å². The SMILES string of the molecule is Oc1cccc2c1[N+](Cc1ccc(Cl)cc1)(c1c(Cl)cncc1Cl)C=C2. The van der Waals surface area contributed by atoms with Crippen molar-refractivity contribution in [3.8, 4) is 5.75 Å². The fourth-order valence-corrected chi connectivity index (χ4v) is 4.25. The molecule has 0 saturated carbocycles. The number of benzene rings is 2. The maximum Gasteiger partial charge on any atom is 0.192 e. The summed E-state index contributed by atoms with van der Waals surface area (Å²) in [6, 6.07) is 13.0. The van der Waals surface area contributed by atoms with Crippen molar-refractivity contribution in [2.24, 2.45) is 0 Å². The van der Waals surface area contributed by atoms with Crippen molar-refractivity contribution in [2.75, 3.05) is 0 Å². The molecule has 1 unspecified atom stereocenters. The van der Waals surface area contributed by atoms with Crippen molar-refractivity contribution in [1.82, 2.24) is 9.47 Å². The largest absolute Gasteiger partial charge is 0.503 e. The zero-order chi connectivity index (χ0) is 18.3. The van der Waals surface area contributed by atoms with E-state index in [1.807, 2.05) is 48.7 Å². The summed E-state index contributed by atoms with van der Waals surface area (Å²) in [4.78, 5) is 4.07. The molecular formula is C20H14Cl3N2O+. The molecule has 0 saturated heterocycles. The summed E-state index contributed by atoms with van der Waals surface area (Å²) < 4.78 is 0.170. The second-order valence-electron chi connectivity index (χ2n) is 6.14. The molecule has 2 aromatic carbocycles. The number of aromatic nitrogens is 1. The fraction of sp³-hybridized carbons (Fsp3) is 0.0500. The molecule has 3 nitrogen and oxygen atoms in total. The van der Waals surface area contributed by atoms with Crippen LogP contribution in [0.1, 0.15) is 11.1 Å². The molecule has 1 aliphatic heterocycles. The number of phenolic OH excluding ortho intramolecular Hbond substituents is 1. The molecule has 1 aliphatic rings. The number of pyridine rings is 1. The Bertz CT molecular complexity index is 998. The zero-order valence-electron chi connectivity index (χ0n) is 13.5. The van der Waals surface area contributed by atoms with E-state index in [0.717, 1.165) is 16.8 Å². The van der Waals surface area contributed by atoms with Crippen LogP contribution in [0.3, 0.4) is 0 Å². The number of quaternary nitrogens is 1. The number of nitrogens with zero attached hydrogens (tertiary/aromatic N) is 2. The lowest BCUT2D eigenvalue weighted by Gasteiger charge is -2.33. The molecule has 6 heteroatoms. The zero-order valence-corrected chi connectivity index (χ0v) is 15.8. The summed E-state index contributed by atoms with van der Waals surface area (Å²) in [6.45, 7) is 0.516. The molecular weight excluding hydrogens is 391 g/mol. The number of hydrogen-bond donors (Lipinski definition) is 1. The number of halogens is 3. The Balaban J connectivity index is 1.98. The molecule has 0 spiro atoms. The summed E-state index contributed by atoms with van der Waals surface area (Å²) in [5.41, 5.74) is 3.36. The minimum absolute atomic E-state index is 0.170. The number of aromatic hydroxyl groups is 1. The third kappa shape index (κ3) is 2.78. The van der Waals surface area contributed by atoms with Gasteiger partial charge in [-0.1, -0.05) is 53.0 Å². The molecule has 0 radical (unpaired) electrons. The van der Waals surface area contributed by atoms with Gasteiger partial charge in [-0.05, 0) is 24.3 Å². The van der Waals surface area contributed by atoms with Gasteiger partial charge >= 0.3 is 0 Å². The summed E-state index contributed by atoms with van der Waals surface area (Å²) in [6.07, 6.45) is 7.09. The van der Waals surface area contributed by atoms with Crippen LogP contribution < -0.4 is 4.48 Å². The van der Waals surface area contributed by atoms with Gasteiger partial charge in [0.05, 0.1) is 12.4 Å². The van der Waals surface area contributed by atoms with Crippen LogP contribution in [0.5, 0.6) is 5.75 Å². The Labute approximate surface area is 166 Å². The van der Waals surface area contributed by atoms with Crippen molar-refractivity contribution >= 4 is 52.3 Å². The number of rotatable bonds is 3. The number of fused-ring (bicyclic) bond motifs is 1. The Morgan fingerprint density at radius 1 is 0.885 bits per heavy atom. The number of phenols is 1. The smallest absolute Gasteiger partial charge is 0.192 e. The normalized spacial score (nSPS) is 18.1. The third-order valence-corrected chi connectivity index (χ3v) is 5.33. The van der Waals surface area contributed by atoms with Crippen LogP contribution in [0.2, 0.25) is 15.1 Å². The Hall–Kier alpha value is -2.04. The van der Waals surface area contributed by atoms with Gasteiger partial charge in [0.2, 0.25) is 0 Å². The molecule has 4 rings (SSSR count). The van der Waals surface area contributed by atoms with Gasteiger partial charge in [-0.25, -0.2) is 4.48 Å². The standard InChI is InChI=1S/C20H13Cl3N2O/c21-15-6-4-13(5-7-15)12-25(20-16(22)10-24-11-17(20)23)9-8-14-2-1-3-18(26)19(14)25/h1-11H,12H2/p+1. The van der Waals surface area contributed by atoms with Gasteiger partial charge in [-0.15, -0.1) is 0 Å². The number of para-hydroxylation sites is 1. The van der Waals surface area contributed by atoms with E-state index in [4.69, 9.17) is 34.8 Å². The highest BCUT2D eigenvalue weighted by Crippen LogP contribution is 2.53. The van der Waals surface area contributed by atoms with Gasteiger partial charge in [0.25, 0.3) is 0 Å². The van der Waals surface area contributed by atoms with E-state index in [-0.39, 0.29) is 10.2 Å². The Morgan fingerprint density at radius 3 is 2.27 bits per heavy atom. The topological polar surface area (TPSA) is 33.1 Å². The van der Waals surface area contributed by atoms with E-state index in [9.17, 15) is 5.11 Å². The third-order valence-electron chi connectivity index (χ3n) is 4.53. The van der Waals surface area contributed by atoms with Gasteiger partial charge < -0.3 is 5.11 Å². The molecule has 2 heterocycles. The molecule has 1 aromatic heterocycles. The highest BCUT2D eigenvalue weighted by Gasteiger charge is 2.43. The second-order valence-corrected chi connectivity index (χ2v) is 7.39. The lowest BCUT2D eigenvalue weighted by Crippen LogP contribution is -2.36. The predicted octanol–water partition coefficient (Wildman–Crippen LogP) is 6.57. The van der Waals surface area contributed by atoms with E-state index in [1.54, 1.807) is 18.5 Å². The molecule has 0 amide bonds. The highest BCUT2D eigenvalue weighted by molar-refractivity contribution is 6.39. The number of hydrogen-bond acceptors (Lipinski definition) is 2. The fourth-order valence-electron chi connectivity index (χ4n) is 3.46. The molecule has 130 valence electrons. The minimum Gasteiger partial charge on any atom is -0.503 e. The Morgan fingerprint density at radius 2 is 1.58 bits per heavy atom. The maximum atomic E-state index is 10.7. The Kier molecular flexibility index (Phi) is 4.41. The molecule has 1 N–H and O–H groups in total. The molecule has 26 heavy (non-hydrogen) atoms. The van der Waals surface area contributed by atoms with Gasteiger partial charge in [0.15, 0.2) is 17.1 Å². The predicted molar refractivity (Wildman–Crippen MR) is 108 cm³/mol. The lowest BCUT2D eigenvalue weighted by molar-refractivity contribution is 0.437. The van der Waals surface area contributed by atoms with Crippen LogP contribution in [0.15, 0.2) is 61.1 Å². The van der Waals surface area contributed by atoms with E-state index < -0.39 is 0 Å². The first-order valence-electron chi connectivity index (χ1n) is 7.95. The lowest BCUT2D eigenvalue weighted by atomic mass is 10.1. The van der Waals surface area contributed by atoms with Crippen LogP contribution in [0, 0.1) is 0 Å². The maximum absolute atomic E-state index is 10.7. The first-order valence-corrected chi connectivity index (χ1v) is 9.08. The van der Waals surface area contributed by atoms with Gasteiger partial charge in [0.1, 0.15) is 22.8 Å². The first kappa shape index (κ1) is 17.4. The minimum atomic E-state index is 0.170. The molecule has 0 bridgehead atoms. The van der Waals surface area contributed by atoms with Gasteiger partial charge in [-0.3, -0.25) is 4.98 Å². The molecule has 3 aromatic rings. The molecule has 0 aliphatic carbocycles. The van der Waals surface area contributed by atoms with Crippen LogP contribution >= 0.6 is 34.8 Å². The summed E-state index contributed by atoms with van der Waals surface area (Å²) in [5.74, 6) is 0.186. The summed E-state index contributed by atoms with van der Waals surface area (Å²) >= 11 is 19.0. The quantitative estimate of drug-likeness (QED) is 0.501. The van der Waals surface area contributed by atoms with Gasteiger partial charge in [-0.2, -0.15) is 0 Å². The van der Waals surface area contributed by atoms with Crippen molar-refractivity contribution in [1.29, 1.82) is 0 Å². The van der Waals surface area contributed by atoms with E-state index in [0.29, 0.717) is 27.3 Å². The van der Waals surface area contributed by atoms with Crippen LogP contribution in [-0.2, 0) is 6.54 Å². The van der Waals surface area contributed by atoms with Crippen LogP contribution in [0.4, 0.5) is 11.4 Å². The van der Waals surface area contributed by atoms with E-state index in [2.05, 4.69) is 4.98 Å².